The highest BCUT2D eigenvalue weighted by atomic mass is 35.5. The van der Waals surface area contributed by atoms with E-state index in [1.54, 1.807) is 19.2 Å². The molecule has 4 rings (SSSR count). The Bertz CT molecular complexity index is 982. The maximum Gasteiger partial charge on any atom is 0.226 e. The van der Waals surface area contributed by atoms with Gasteiger partial charge < -0.3 is 14.5 Å². The largest absolute Gasteiger partial charge is 0.497 e. The Morgan fingerprint density at radius 2 is 2.00 bits per heavy atom. The summed E-state index contributed by atoms with van der Waals surface area (Å²) in [6.07, 6.45) is 4.58. The average molecular weight is 475 g/mol. The fourth-order valence-corrected chi connectivity index (χ4v) is 6.02. The van der Waals surface area contributed by atoms with Crippen LogP contribution in [0.25, 0.3) is 0 Å². The first-order chi connectivity index (χ1) is 15.3. The van der Waals surface area contributed by atoms with Gasteiger partial charge in [-0.1, -0.05) is 41.4 Å². The van der Waals surface area contributed by atoms with Crippen molar-refractivity contribution in [1.82, 2.24) is 9.80 Å². The van der Waals surface area contributed by atoms with Crippen LogP contribution < -0.4 is 4.74 Å². The van der Waals surface area contributed by atoms with Crippen molar-refractivity contribution >= 4 is 29.1 Å². The number of fused-ring (bicyclic) bond motifs is 1. The van der Waals surface area contributed by atoms with Crippen LogP contribution in [0, 0.1) is 5.92 Å². The van der Waals surface area contributed by atoms with E-state index in [9.17, 15) is 4.79 Å². The van der Waals surface area contributed by atoms with E-state index in [4.69, 9.17) is 27.9 Å². The molecule has 1 saturated heterocycles. The number of piperidine rings is 1. The Kier molecular flexibility index (Phi) is 7.04. The summed E-state index contributed by atoms with van der Waals surface area (Å²) in [5.74, 6) is 1.62. The molecule has 32 heavy (non-hydrogen) atoms. The molecule has 2 aromatic rings. The first-order valence-corrected chi connectivity index (χ1v) is 12.1. The summed E-state index contributed by atoms with van der Waals surface area (Å²) in [6, 6.07) is 14.2. The molecule has 0 aromatic heterocycles. The molecule has 6 heteroatoms. The molecule has 2 aliphatic rings. The number of likely N-dealkylation sites (N-methyl/N-ethyl adjacent to an activating group) is 1. The van der Waals surface area contributed by atoms with E-state index in [0.29, 0.717) is 22.4 Å². The third-order valence-corrected chi connectivity index (χ3v) is 8.37. The van der Waals surface area contributed by atoms with Gasteiger partial charge in [-0.3, -0.25) is 4.79 Å². The van der Waals surface area contributed by atoms with E-state index in [2.05, 4.69) is 30.1 Å². The van der Waals surface area contributed by atoms with Crippen LogP contribution >= 0.6 is 23.2 Å². The summed E-state index contributed by atoms with van der Waals surface area (Å²) in [4.78, 5) is 17.6. The summed E-state index contributed by atoms with van der Waals surface area (Å²) in [5, 5.41) is 1.00. The highest BCUT2D eigenvalue weighted by molar-refractivity contribution is 6.42. The molecule has 0 spiro atoms. The first kappa shape index (κ1) is 23.4. The molecular weight excluding hydrogens is 443 g/mol. The van der Waals surface area contributed by atoms with Crippen LogP contribution in [0.3, 0.4) is 0 Å². The molecule has 3 atom stereocenters. The van der Waals surface area contributed by atoms with Crippen molar-refractivity contribution in [1.29, 1.82) is 0 Å². The minimum absolute atomic E-state index is 0.0715. The molecule has 1 saturated carbocycles. The number of carbonyl (C=O) groups excluding carboxylic acids is 1. The van der Waals surface area contributed by atoms with Crippen molar-refractivity contribution in [2.24, 2.45) is 5.92 Å². The fourth-order valence-electron chi connectivity index (χ4n) is 5.70. The Hall–Kier alpha value is -1.75. The van der Waals surface area contributed by atoms with Crippen molar-refractivity contribution in [2.75, 3.05) is 34.3 Å². The number of hydrogen-bond donors (Lipinski definition) is 0. The average Bonchev–Trinajstić information content (AvgIpc) is 2.80. The van der Waals surface area contributed by atoms with E-state index in [-0.39, 0.29) is 17.4 Å². The number of carbonyl (C=O) groups is 1. The number of methoxy groups -OCH3 is 1. The van der Waals surface area contributed by atoms with Gasteiger partial charge in [0.15, 0.2) is 0 Å². The van der Waals surface area contributed by atoms with Crippen molar-refractivity contribution in [2.45, 2.75) is 43.6 Å². The van der Waals surface area contributed by atoms with Gasteiger partial charge in [0, 0.05) is 25.0 Å². The molecule has 2 aromatic carbocycles. The van der Waals surface area contributed by atoms with Crippen LogP contribution in [-0.4, -0.2) is 56.0 Å². The van der Waals surface area contributed by atoms with E-state index in [1.807, 2.05) is 24.1 Å². The first-order valence-electron chi connectivity index (χ1n) is 11.3. The minimum atomic E-state index is 0.0715. The lowest BCUT2D eigenvalue weighted by Gasteiger charge is -2.53. The lowest BCUT2D eigenvalue weighted by atomic mass is 9.58. The quantitative estimate of drug-likeness (QED) is 0.577. The molecule has 1 aliphatic heterocycles. The molecule has 1 amide bonds. The number of nitrogens with zero attached hydrogens (tertiary/aromatic N) is 2. The van der Waals surface area contributed by atoms with Crippen LogP contribution in [0.15, 0.2) is 42.5 Å². The molecule has 1 heterocycles. The third kappa shape index (κ3) is 4.64. The number of ether oxygens (including phenoxy) is 1. The molecule has 0 radical (unpaired) electrons. The molecule has 0 bridgehead atoms. The zero-order valence-electron chi connectivity index (χ0n) is 19.1. The van der Waals surface area contributed by atoms with E-state index < -0.39 is 0 Å². The summed E-state index contributed by atoms with van der Waals surface area (Å²) in [5.41, 5.74) is 2.32. The second kappa shape index (κ2) is 9.62. The Labute approximate surface area is 201 Å². The monoisotopic (exact) mass is 474 g/mol. The van der Waals surface area contributed by atoms with Gasteiger partial charge in [0.05, 0.1) is 23.6 Å². The fraction of sp³-hybridized carbons (Fsp3) is 0.500. The van der Waals surface area contributed by atoms with Crippen molar-refractivity contribution in [3.8, 4) is 5.75 Å². The summed E-state index contributed by atoms with van der Waals surface area (Å²) in [7, 11) is 5.90. The number of likely N-dealkylation sites (tertiary alicyclic amines) is 1. The molecule has 4 nitrogen and oxygen atoms in total. The smallest absolute Gasteiger partial charge is 0.226 e. The maximum absolute atomic E-state index is 13.2. The van der Waals surface area contributed by atoms with Gasteiger partial charge in [0.1, 0.15) is 5.75 Å². The Balaban J connectivity index is 1.56. The van der Waals surface area contributed by atoms with E-state index >= 15 is 0 Å². The van der Waals surface area contributed by atoms with Crippen LogP contribution in [0.5, 0.6) is 5.75 Å². The highest BCUT2D eigenvalue weighted by Gasteiger charge is 2.48. The molecular formula is C26H32Cl2N2O2. The number of amides is 1. The second-order valence-corrected chi connectivity index (χ2v) is 10.3. The highest BCUT2D eigenvalue weighted by Crippen LogP contribution is 2.50. The zero-order chi connectivity index (χ0) is 22.9. The SMILES string of the molecule is COc1cccc([C@@]23CCN(C)C[C@H]2CC[C@@H](N(C)C(=O)Cc2ccc(Cl)c(Cl)c2)C3)c1. The minimum Gasteiger partial charge on any atom is -0.497 e. The standard InChI is InChI=1S/C26H32Cl2N2O2/c1-29-12-11-26(19-5-4-6-22(15-19)32-3)16-21(9-8-20(26)17-29)30(2)25(31)14-18-7-10-23(27)24(28)13-18/h4-7,10,13,15,20-21H,8-9,11-12,14,16-17H2,1-3H3/t20-,21-,26+/m1/s1. The molecule has 0 unspecified atom stereocenters. The second-order valence-electron chi connectivity index (χ2n) is 9.46. The number of rotatable bonds is 5. The van der Waals surface area contributed by atoms with E-state index in [1.165, 1.54) is 5.56 Å². The van der Waals surface area contributed by atoms with Gasteiger partial charge in [-0.15, -0.1) is 0 Å². The normalized spacial score (nSPS) is 25.8. The van der Waals surface area contributed by atoms with E-state index in [0.717, 1.165) is 50.1 Å². The molecule has 2 fully saturated rings. The van der Waals surface area contributed by atoms with Crippen molar-refractivity contribution in [3.05, 3.63) is 63.6 Å². The lowest BCUT2D eigenvalue weighted by Crippen LogP contribution is -2.55. The number of halogens is 2. The predicted molar refractivity (Wildman–Crippen MR) is 131 cm³/mol. The van der Waals surface area contributed by atoms with Crippen molar-refractivity contribution < 1.29 is 9.53 Å². The third-order valence-electron chi connectivity index (χ3n) is 7.63. The van der Waals surface area contributed by atoms with Gasteiger partial charge in [0.25, 0.3) is 0 Å². The molecule has 0 N–H and O–H groups in total. The van der Waals surface area contributed by atoms with Gasteiger partial charge in [0.2, 0.25) is 5.91 Å². The zero-order valence-corrected chi connectivity index (χ0v) is 20.6. The van der Waals surface area contributed by atoms with Crippen LogP contribution in [0.4, 0.5) is 0 Å². The van der Waals surface area contributed by atoms with Gasteiger partial charge >= 0.3 is 0 Å². The topological polar surface area (TPSA) is 32.8 Å². The van der Waals surface area contributed by atoms with Crippen LogP contribution in [0.2, 0.25) is 10.0 Å². The summed E-state index contributed by atoms with van der Waals surface area (Å²) in [6.45, 7) is 2.17. The summed E-state index contributed by atoms with van der Waals surface area (Å²) >= 11 is 12.2. The van der Waals surface area contributed by atoms with Crippen molar-refractivity contribution in [3.63, 3.8) is 0 Å². The maximum atomic E-state index is 13.2. The predicted octanol–water partition coefficient (Wildman–Crippen LogP) is 5.45. The number of hydrogen-bond acceptors (Lipinski definition) is 3. The Morgan fingerprint density at radius 3 is 2.75 bits per heavy atom. The number of benzene rings is 2. The Morgan fingerprint density at radius 1 is 1.19 bits per heavy atom. The lowest BCUT2D eigenvalue weighted by molar-refractivity contribution is -0.133. The van der Waals surface area contributed by atoms with Crippen LogP contribution in [-0.2, 0) is 16.6 Å². The van der Waals surface area contributed by atoms with Gasteiger partial charge in [-0.05, 0) is 80.6 Å². The molecule has 172 valence electrons. The molecule has 1 aliphatic carbocycles. The van der Waals surface area contributed by atoms with Gasteiger partial charge in [-0.2, -0.15) is 0 Å². The summed E-state index contributed by atoms with van der Waals surface area (Å²) < 4.78 is 5.54. The van der Waals surface area contributed by atoms with Crippen LogP contribution in [0.1, 0.15) is 36.8 Å². The van der Waals surface area contributed by atoms with Gasteiger partial charge in [-0.25, -0.2) is 0 Å².